The Kier molecular flexibility index (Phi) is 7.22. The Labute approximate surface area is 215 Å². The number of nitrogens with zero attached hydrogens (tertiary/aromatic N) is 4. The standard InChI is InChI=1S/C26H32N6O4Si/c1-37(17-9-4-2-5-10-17,18-11-6-3-7-12-18)14-8-13-28-23-20-24(30-16-29-23)32(26(27)31-20)25-22(35)21(34)19(15-33)36-25/h2-7,9-12,16,19,21-22,25,33-35H,8,13-15H2,1H3,(H2,27,31)(H,28,29,30)/t19-,21-,22-,25-/m0/s1. The van der Waals surface area contributed by atoms with Crippen molar-refractivity contribution in [2.75, 3.05) is 24.2 Å². The van der Waals surface area contributed by atoms with Crippen molar-refractivity contribution in [3.05, 3.63) is 67.0 Å². The van der Waals surface area contributed by atoms with Gasteiger partial charge in [0.25, 0.3) is 0 Å². The highest BCUT2D eigenvalue weighted by atomic mass is 28.3. The third-order valence-corrected chi connectivity index (χ3v) is 11.8. The van der Waals surface area contributed by atoms with E-state index in [1.807, 2.05) is 0 Å². The van der Waals surface area contributed by atoms with E-state index in [2.05, 4.69) is 87.5 Å². The highest BCUT2D eigenvalue weighted by Crippen LogP contribution is 2.34. The predicted octanol–water partition coefficient (Wildman–Crippen LogP) is 0.715. The van der Waals surface area contributed by atoms with Crippen LogP contribution in [0.15, 0.2) is 67.0 Å². The maximum absolute atomic E-state index is 10.5. The lowest BCUT2D eigenvalue weighted by atomic mass is 10.1. The second-order valence-electron chi connectivity index (χ2n) is 9.56. The molecule has 10 nitrogen and oxygen atoms in total. The summed E-state index contributed by atoms with van der Waals surface area (Å²) in [6.45, 7) is 2.65. The smallest absolute Gasteiger partial charge is 0.204 e. The van der Waals surface area contributed by atoms with Crippen molar-refractivity contribution in [2.45, 2.75) is 43.6 Å². The minimum absolute atomic E-state index is 0.0709. The van der Waals surface area contributed by atoms with Crippen LogP contribution in [-0.4, -0.2) is 74.4 Å². The normalized spacial score (nSPS) is 21.9. The van der Waals surface area contributed by atoms with Gasteiger partial charge in [-0.2, -0.15) is 0 Å². The molecule has 11 heteroatoms. The van der Waals surface area contributed by atoms with Crippen LogP contribution in [0.3, 0.4) is 0 Å². The fourth-order valence-electron chi connectivity index (χ4n) is 5.12. The quantitative estimate of drug-likeness (QED) is 0.159. The zero-order valence-corrected chi connectivity index (χ0v) is 21.6. The van der Waals surface area contributed by atoms with Crippen molar-refractivity contribution >= 4 is 41.4 Å². The monoisotopic (exact) mass is 520 g/mol. The van der Waals surface area contributed by atoms with E-state index in [0.29, 0.717) is 23.5 Å². The molecule has 6 N–H and O–H groups in total. The number of hydrogen-bond acceptors (Lipinski definition) is 9. The Morgan fingerprint density at radius 2 is 1.65 bits per heavy atom. The number of anilines is 2. The van der Waals surface area contributed by atoms with Gasteiger partial charge in [0.05, 0.1) is 6.61 Å². The van der Waals surface area contributed by atoms with E-state index in [-0.39, 0.29) is 5.95 Å². The maximum Gasteiger partial charge on any atom is 0.204 e. The van der Waals surface area contributed by atoms with Gasteiger partial charge in [-0.15, -0.1) is 0 Å². The molecule has 4 atom stereocenters. The molecule has 1 aliphatic rings. The molecule has 1 saturated heterocycles. The number of aromatic nitrogens is 4. The van der Waals surface area contributed by atoms with Crippen LogP contribution in [0.2, 0.25) is 12.6 Å². The van der Waals surface area contributed by atoms with Gasteiger partial charge in [-0.3, -0.25) is 4.57 Å². The van der Waals surface area contributed by atoms with Crippen molar-refractivity contribution in [1.82, 2.24) is 19.5 Å². The number of aliphatic hydroxyl groups is 3. The number of ether oxygens (including phenoxy) is 1. The number of imidazole rings is 1. The average Bonchev–Trinajstić information content (AvgIpc) is 3.42. The first-order chi connectivity index (χ1) is 17.9. The molecule has 2 aromatic carbocycles. The van der Waals surface area contributed by atoms with Crippen molar-refractivity contribution in [3.8, 4) is 0 Å². The zero-order chi connectivity index (χ0) is 26.0. The number of aliphatic hydroxyl groups excluding tert-OH is 3. The second-order valence-corrected chi connectivity index (χ2v) is 13.9. The summed E-state index contributed by atoms with van der Waals surface area (Å²) in [5.41, 5.74) is 6.98. The Bertz CT molecular complexity index is 1300. The highest BCUT2D eigenvalue weighted by molar-refractivity contribution is 7.01. The molecule has 1 fully saturated rings. The summed E-state index contributed by atoms with van der Waals surface area (Å²) < 4.78 is 7.08. The zero-order valence-electron chi connectivity index (χ0n) is 20.6. The van der Waals surface area contributed by atoms with Crippen LogP contribution < -0.4 is 21.4 Å². The number of nitrogens with one attached hydrogen (secondary N) is 1. The molecule has 37 heavy (non-hydrogen) atoms. The van der Waals surface area contributed by atoms with E-state index in [1.165, 1.54) is 21.3 Å². The SMILES string of the molecule is C[Si](CCCNc1ncnc2c1nc(N)n2[C@H]1O[C@@H](CO)[C@H](O)[C@@H]1O)(c1ccccc1)c1ccccc1. The number of rotatable bonds is 9. The molecule has 4 aromatic rings. The van der Waals surface area contributed by atoms with E-state index in [4.69, 9.17) is 10.5 Å². The van der Waals surface area contributed by atoms with E-state index < -0.39 is 39.2 Å². The molecule has 1 aliphatic heterocycles. The molecule has 0 amide bonds. The van der Waals surface area contributed by atoms with Crippen LogP contribution in [0.1, 0.15) is 12.6 Å². The second kappa shape index (κ2) is 10.6. The summed E-state index contributed by atoms with van der Waals surface area (Å²) in [5.74, 6) is 0.603. The summed E-state index contributed by atoms with van der Waals surface area (Å²) in [5, 5.41) is 36.3. The summed E-state index contributed by atoms with van der Waals surface area (Å²) in [6, 6.07) is 22.5. The summed E-state index contributed by atoms with van der Waals surface area (Å²) in [7, 11) is -1.94. The van der Waals surface area contributed by atoms with Crippen molar-refractivity contribution in [1.29, 1.82) is 0 Å². The summed E-state index contributed by atoms with van der Waals surface area (Å²) >= 11 is 0. The highest BCUT2D eigenvalue weighted by Gasteiger charge is 2.44. The third kappa shape index (κ3) is 4.71. The minimum Gasteiger partial charge on any atom is -0.394 e. The van der Waals surface area contributed by atoms with Gasteiger partial charge in [0.15, 0.2) is 23.2 Å². The first-order valence-corrected chi connectivity index (χ1v) is 15.1. The summed E-state index contributed by atoms with van der Waals surface area (Å²) in [4.78, 5) is 13.1. The van der Waals surface area contributed by atoms with Gasteiger partial charge < -0.3 is 31.1 Å². The molecule has 0 saturated carbocycles. The van der Waals surface area contributed by atoms with Gasteiger partial charge in [-0.25, -0.2) is 15.0 Å². The molecule has 0 bridgehead atoms. The van der Waals surface area contributed by atoms with Gasteiger partial charge in [-0.1, -0.05) is 77.6 Å². The van der Waals surface area contributed by atoms with Gasteiger partial charge >= 0.3 is 0 Å². The molecule has 194 valence electrons. The number of nitrogens with two attached hydrogens (primary N) is 1. The lowest BCUT2D eigenvalue weighted by Gasteiger charge is -2.29. The molecule has 0 unspecified atom stereocenters. The molecule has 2 aromatic heterocycles. The van der Waals surface area contributed by atoms with Crippen LogP contribution in [0.5, 0.6) is 0 Å². The number of fused-ring (bicyclic) bond motifs is 1. The van der Waals surface area contributed by atoms with E-state index >= 15 is 0 Å². The average molecular weight is 521 g/mol. The molecule has 5 rings (SSSR count). The van der Waals surface area contributed by atoms with Gasteiger partial charge in [0, 0.05) is 6.54 Å². The largest absolute Gasteiger partial charge is 0.394 e. The van der Waals surface area contributed by atoms with E-state index in [0.717, 1.165) is 12.5 Å². The topological polar surface area (TPSA) is 152 Å². The van der Waals surface area contributed by atoms with Crippen LogP contribution in [0, 0.1) is 0 Å². The lowest BCUT2D eigenvalue weighted by molar-refractivity contribution is -0.0500. The molecule has 0 spiro atoms. The Morgan fingerprint density at radius 3 is 2.24 bits per heavy atom. The summed E-state index contributed by atoms with van der Waals surface area (Å²) in [6.07, 6.45) is -2.17. The van der Waals surface area contributed by atoms with Crippen molar-refractivity contribution in [3.63, 3.8) is 0 Å². The fraction of sp³-hybridized carbons (Fsp3) is 0.346. The van der Waals surface area contributed by atoms with Crippen LogP contribution >= 0.6 is 0 Å². The number of benzene rings is 2. The Morgan fingerprint density at radius 1 is 1.00 bits per heavy atom. The first kappa shape index (κ1) is 25.3. The Hall–Kier alpha value is -3.35. The van der Waals surface area contributed by atoms with Crippen molar-refractivity contribution < 1.29 is 20.1 Å². The fourth-order valence-corrected chi connectivity index (χ4v) is 8.77. The lowest BCUT2D eigenvalue weighted by Crippen LogP contribution is -2.55. The van der Waals surface area contributed by atoms with E-state index in [9.17, 15) is 15.3 Å². The van der Waals surface area contributed by atoms with Crippen molar-refractivity contribution in [2.24, 2.45) is 0 Å². The van der Waals surface area contributed by atoms with E-state index in [1.54, 1.807) is 0 Å². The predicted molar refractivity (Wildman–Crippen MR) is 144 cm³/mol. The van der Waals surface area contributed by atoms with Crippen LogP contribution in [0.25, 0.3) is 11.2 Å². The minimum atomic E-state index is -1.94. The molecular formula is C26H32N6O4Si. The molecular weight excluding hydrogens is 488 g/mol. The van der Waals surface area contributed by atoms with Crippen LogP contribution in [0.4, 0.5) is 11.8 Å². The molecule has 0 radical (unpaired) electrons. The maximum atomic E-state index is 10.5. The number of hydrogen-bond donors (Lipinski definition) is 5. The number of nitrogen functional groups attached to an aromatic ring is 1. The van der Waals surface area contributed by atoms with Gasteiger partial charge in [-0.05, 0) is 12.5 Å². The first-order valence-electron chi connectivity index (χ1n) is 12.4. The van der Waals surface area contributed by atoms with Crippen LogP contribution in [-0.2, 0) is 4.74 Å². The molecule has 3 heterocycles. The van der Waals surface area contributed by atoms with Gasteiger partial charge in [0.1, 0.15) is 32.7 Å². The van der Waals surface area contributed by atoms with Gasteiger partial charge in [0.2, 0.25) is 5.95 Å². The Balaban J connectivity index is 1.33. The third-order valence-electron chi connectivity index (χ3n) is 7.24. The molecule has 0 aliphatic carbocycles.